The first kappa shape index (κ1) is 15.7. The second-order valence-corrected chi connectivity index (χ2v) is 5.10. The topological polar surface area (TPSA) is 93.8 Å². The lowest BCUT2D eigenvalue weighted by molar-refractivity contribution is -0.136. The molecule has 0 aliphatic carbocycles. The van der Waals surface area contributed by atoms with E-state index >= 15 is 0 Å². The van der Waals surface area contributed by atoms with Crippen molar-refractivity contribution < 1.29 is 9.59 Å². The molecule has 2 aromatic rings. The van der Waals surface area contributed by atoms with Crippen LogP contribution in [0.15, 0.2) is 12.3 Å². The zero-order valence-electron chi connectivity index (χ0n) is 13.2. The van der Waals surface area contributed by atoms with Crippen LogP contribution in [0.1, 0.15) is 17.1 Å². The highest BCUT2D eigenvalue weighted by Gasteiger charge is 2.17. The smallest absolute Gasteiger partial charge is 0.313 e. The van der Waals surface area contributed by atoms with E-state index in [0.29, 0.717) is 24.5 Å². The third kappa shape index (κ3) is 3.51. The standard InChI is InChI=1S/C14H20N6O2/c1-9-5-7-20(17-9)8-6-15-13(21)14(22)16-12-10(2)18-19(4)11(12)3/h5,7H,6,8H2,1-4H3,(H,15,21)(H,16,22). The number of nitrogens with one attached hydrogen (secondary N) is 2. The highest BCUT2D eigenvalue weighted by molar-refractivity contribution is 6.39. The maximum atomic E-state index is 11.9. The molecule has 0 fully saturated rings. The molecule has 118 valence electrons. The maximum Gasteiger partial charge on any atom is 0.313 e. The summed E-state index contributed by atoms with van der Waals surface area (Å²) in [7, 11) is 1.78. The summed E-state index contributed by atoms with van der Waals surface area (Å²) in [5, 5.41) is 13.5. The van der Waals surface area contributed by atoms with Gasteiger partial charge < -0.3 is 10.6 Å². The Morgan fingerprint density at radius 2 is 1.91 bits per heavy atom. The number of aryl methyl sites for hydroxylation is 3. The van der Waals surface area contributed by atoms with E-state index in [-0.39, 0.29) is 0 Å². The van der Waals surface area contributed by atoms with Crippen LogP contribution < -0.4 is 10.6 Å². The van der Waals surface area contributed by atoms with Crippen molar-refractivity contribution >= 4 is 17.5 Å². The van der Waals surface area contributed by atoms with Crippen molar-refractivity contribution in [2.75, 3.05) is 11.9 Å². The SMILES string of the molecule is Cc1ccn(CCNC(=O)C(=O)Nc2c(C)nn(C)c2C)n1. The van der Waals surface area contributed by atoms with Crippen molar-refractivity contribution in [3.63, 3.8) is 0 Å². The second-order valence-electron chi connectivity index (χ2n) is 5.10. The molecule has 0 saturated heterocycles. The fourth-order valence-corrected chi connectivity index (χ4v) is 2.08. The second kappa shape index (κ2) is 6.42. The van der Waals surface area contributed by atoms with Crippen LogP contribution in [0.5, 0.6) is 0 Å². The maximum absolute atomic E-state index is 11.9. The first-order chi connectivity index (χ1) is 10.4. The molecule has 0 spiro atoms. The van der Waals surface area contributed by atoms with Crippen LogP contribution in [0, 0.1) is 20.8 Å². The number of amides is 2. The predicted octanol–water partition coefficient (Wildman–Crippen LogP) is 0.297. The van der Waals surface area contributed by atoms with E-state index in [4.69, 9.17) is 0 Å². The summed E-state index contributed by atoms with van der Waals surface area (Å²) < 4.78 is 3.37. The summed E-state index contributed by atoms with van der Waals surface area (Å²) in [6.45, 7) is 6.34. The molecule has 22 heavy (non-hydrogen) atoms. The van der Waals surface area contributed by atoms with Gasteiger partial charge in [0.25, 0.3) is 0 Å². The first-order valence-electron chi connectivity index (χ1n) is 6.98. The van der Waals surface area contributed by atoms with E-state index in [1.165, 1.54) is 0 Å². The van der Waals surface area contributed by atoms with Crippen molar-refractivity contribution in [2.24, 2.45) is 7.05 Å². The largest absolute Gasteiger partial charge is 0.346 e. The number of rotatable bonds is 4. The minimum atomic E-state index is -0.698. The molecule has 8 heteroatoms. The molecular weight excluding hydrogens is 284 g/mol. The number of aromatic nitrogens is 4. The van der Waals surface area contributed by atoms with E-state index < -0.39 is 11.8 Å². The van der Waals surface area contributed by atoms with Gasteiger partial charge in [-0.2, -0.15) is 10.2 Å². The van der Waals surface area contributed by atoms with Crippen LogP contribution >= 0.6 is 0 Å². The molecule has 2 aromatic heterocycles. The molecule has 2 rings (SSSR count). The molecule has 0 unspecified atom stereocenters. The van der Waals surface area contributed by atoms with Crippen LogP contribution in [0.3, 0.4) is 0 Å². The summed E-state index contributed by atoms with van der Waals surface area (Å²) in [6.07, 6.45) is 1.82. The van der Waals surface area contributed by atoms with Gasteiger partial charge in [0.15, 0.2) is 0 Å². The predicted molar refractivity (Wildman–Crippen MR) is 81.3 cm³/mol. The van der Waals surface area contributed by atoms with E-state index in [0.717, 1.165) is 11.4 Å². The third-order valence-corrected chi connectivity index (χ3v) is 3.35. The Morgan fingerprint density at radius 1 is 1.18 bits per heavy atom. The number of carbonyl (C=O) groups is 2. The number of nitrogens with zero attached hydrogens (tertiary/aromatic N) is 4. The summed E-state index contributed by atoms with van der Waals surface area (Å²) in [6, 6.07) is 1.88. The lowest BCUT2D eigenvalue weighted by Gasteiger charge is -2.07. The van der Waals surface area contributed by atoms with Gasteiger partial charge >= 0.3 is 11.8 Å². The number of anilines is 1. The number of carbonyl (C=O) groups excluding carboxylic acids is 2. The molecule has 0 saturated carbocycles. The van der Waals surface area contributed by atoms with Gasteiger partial charge in [-0.3, -0.25) is 19.0 Å². The summed E-state index contributed by atoms with van der Waals surface area (Å²) in [4.78, 5) is 23.7. The third-order valence-electron chi connectivity index (χ3n) is 3.35. The minimum absolute atomic E-state index is 0.332. The highest BCUT2D eigenvalue weighted by Crippen LogP contribution is 2.17. The van der Waals surface area contributed by atoms with Gasteiger partial charge in [-0.1, -0.05) is 0 Å². The quantitative estimate of drug-likeness (QED) is 0.794. The Balaban J connectivity index is 1.85. The van der Waals surface area contributed by atoms with Gasteiger partial charge in [0.1, 0.15) is 0 Å². The molecule has 0 atom stereocenters. The molecule has 2 amide bonds. The van der Waals surface area contributed by atoms with Gasteiger partial charge in [0.05, 0.1) is 29.3 Å². The molecule has 2 N–H and O–H groups in total. The molecule has 0 aromatic carbocycles. The Bertz CT molecular complexity index is 700. The average Bonchev–Trinajstić information content (AvgIpc) is 2.97. The zero-order chi connectivity index (χ0) is 16.3. The lowest BCUT2D eigenvalue weighted by Crippen LogP contribution is -2.37. The van der Waals surface area contributed by atoms with Gasteiger partial charge in [0, 0.05) is 19.8 Å². The van der Waals surface area contributed by atoms with E-state index in [1.54, 1.807) is 23.3 Å². The Labute approximate surface area is 128 Å². The molecule has 0 radical (unpaired) electrons. The Hall–Kier alpha value is -2.64. The van der Waals surface area contributed by atoms with Crippen LogP contribution in [-0.4, -0.2) is 37.9 Å². The lowest BCUT2D eigenvalue weighted by atomic mass is 10.3. The summed E-state index contributed by atoms with van der Waals surface area (Å²) in [5.74, 6) is -1.37. The number of hydrogen-bond donors (Lipinski definition) is 2. The van der Waals surface area contributed by atoms with Crippen LogP contribution in [0.4, 0.5) is 5.69 Å². The van der Waals surface area contributed by atoms with E-state index in [9.17, 15) is 9.59 Å². The van der Waals surface area contributed by atoms with Crippen molar-refractivity contribution in [1.29, 1.82) is 0 Å². The molecule has 0 bridgehead atoms. The van der Waals surface area contributed by atoms with E-state index in [1.807, 2.05) is 26.1 Å². The molecule has 0 aliphatic heterocycles. The molecular formula is C14H20N6O2. The highest BCUT2D eigenvalue weighted by atomic mass is 16.2. The van der Waals surface area contributed by atoms with Crippen LogP contribution in [0.25, 0.3) is 0 Å². The van der Waals surface area contributed by atoms with Gasteiger partial charge in [-0.05, 0) is 26.8 Å². The Kier molecular flexibility index (Phi) is 4.59. The summed E-state index contributed by atoms with van der Waals surface area (Å²) in [5.41, 5.74) is 2.95. The van der Waals surface area contributed by atoms with Crippen molar-refractivity contribution in [3.05, 3.63) is 29.3 Å². The van der Waals surface area contributed by atoms with Crippen molar-refractivity contribution in [3.8, 4) is 0 Å². The van der Waals surface area contributed by atoms with Crippen LogP contribution in [-0.2, 0) is 23.2 Å². The average molecular weight is 304 g/mol. The first-order valence-corrected chi connectivity index (χ1v) is 6.98. The van der Waals surface area contributed by atoms with Crippen molar-refractivity contribution in [2.45, 2.75) is 27.3 Å². The monoisotopic (exact) mass is 304 g/mol. The normalized spacial score (nSPS) is 10.5. The molecule has 8 nitrogen and oxygen atoms in total. The van der Waals surface area contributed by atoms with Gasteiger partial charge in [0.2, 0.25) is 0 Å². The summed E-state index contributed by atoms with van der Waals surface area (Å²) >= 11 is 0. The zero-order valence-corrected chi connectivity index (χ0v) is 13.2. The minimum Gasteiger partial charge on any atom is -0.346 e. The van der Waals surface area contributed by atoms with Gasteiger partial charge in [-0.15, -0.1) is 0 Å². The Morgan fingerprint density at radius 3 is 2.45 bits per heavy atom. The number of hydrogen-bond acceptors (Lipinski definition) is 4. The van der Waals surface area contributed by atoms with E-state index in [2.05, 4.69) is 20.8 Å². The molecule has 2 heterocycles. The fourth-order valence-electron chi connectivity index (χ4n) is 2.08. The van der Waals surface area contributed by atoms with Gasteiger partial charge in [-0.25, -0.2) is 0 Å². The van der Waals surface area contributed by atoms with Crippen molar-refractivity contribution in [1.82, 2.24) is 24.9 Å². The fraction of sp³-hybridized carbons (Fsp3) is 0.429. The van der Waals surface area contributed by atoms with Crippen LogP contribution in [0.2, 0.25) is 0 Å². The molecule has 0 aliphatic rings.